The smallest absolute Gasteiger partial charge is 0.288 e. The molecular weight excluding hydrogens is 310 g/mol. The van der Waals surface area contributed by atoms with Crippen molar-refractivity contribution in [3.05, 3.63) is 62.9 Å². The number of aliphatic hydroxyl groups excluding tert-OH is 1. The van der Waals surface area contributed by atoms with Crippen LogP contribution in [0.3, 0.4) is 0 Å². The van der Waals surface area contributed by atoms with Gasteiger partial charge in [0.1, 0.15) is 11.1 Å². The van der Waals surface area contributed by atoms with Gasteiger partial charge < -0.3 is 15.0 Å². The lowest BCUT2D eigenvalue weighted by Gasteiger charge is -2.13. The second kappa shape index (κ2) is 6.59. The second-order valence-corrected chi connectivity index (χ2v) is 5.10. The van der Waals surface area contributed by atoms with Crippen molar-refractivity contribution in [2.24, 2.45) is 7.05 Å². The average Bonchev–Trinajstić information content (AvgIpc) is 2.90. The van der Waals surface area contributed by atoms with E-state index in [-0.39, 0.29) is 22.8 Å². The number of nitrogens with one attached hydrogen (secondary N) is 1. The molecule has 2 aromatic rings. The SMILES string of the molecule is Cn1cccc1C(O)CNC(=O)c1ccc(Cl)c([N+](=O)[O-])c1. The molecule has 0 aliphatic carbocycles. The molecule has 1 aromatic heterocycles. The standard InChI is InChI=1S/C14H14ClN3O4/c1-17-6-2-3-11(17)13(19)8-16-14(20)9-4-5-10(15)12(7-9)18(21)22/h2-7,13,19H,8H2,1H3,(H,16,20). The van der Waals surface area contributed by atoms with Crippen molar-refractivity contribution in [2.45, 2.75) is 6.10 Å². The summed E-state index contributed by atoms with van der Waals surface area (Å²) in [6.45, 7) is -0.00683. The summed E-state index contributed by atoms with van der Waals surface area (Å²) in [6, 6.07) is 7.31. The molecule has 0 radical (unpaired) electrons. The van der Waals surface area contributed by atoms with Crippen molar-refractivity contribution < 1.29 is 14.8 Å². The number of aliphatic hydroxyl groups is 1. The van der Waals surface area contributed by atoms with Crippen LogP contribution >= 0.6 is 11.6 Å². The molecule has 1 unspecified atom stereocenters. The first-order valence-corrected chi connectivity index (χ1v) is 6.79. The Hall–Kier alpha value is -2.38. The lowest BCUT2D eigenvalue weighted by atomic mass is 10.2. The number of rotatable bonds is 5. The van der Waals surface area contributed by atoms with Crippen LogP contribution in [-0.2, 0) is 7.05 Å². The maximum absolute atomic E-state index is 12.0. The number of hydrogen-bond donors (Lipinski definition) is 2. The maximum Gasteiger partial charge on any atom is 0.288 e. The van der Waals surface area contributed by atoms with Crippen molar-refractivity contribution >= 4 is 23.2 Å². The molecule has 0 spiro atoms. The zero-order chi connectivity index (χ0) is 16.3. The highest BCUT2D eigenvalue weighted by Crippen LogP contribution is 2.25. The number of benzene rings is 1. The van der Waals surface area contributed by atoms with Gasteiger partial charge in [-0.15, -0.1) is 0 Å². The number of nitro benzene ring substituents is 1. The third-order valence-corrected chi connectivity index (χ3v) is 3.51. The highest BCUT2D eigenvalue weighted by molar-refractivity contribution is 6.32. The monoisotopic (exact) mass is 323 g/mol. The largest absolute Gasteiger partial charge is 0.385 e. The van der Waals surface area contributed by atoms with Gasteiger partial charge in [-0.25, -0.2) is 0 Å². The molecule has 2 N–H and O–H groups in total. The van der Waals surface area contributed by atoms with Gasteiger partial charge in [0.15, 0.2) is 0 Å². The summed E-state index contributed by atoms with van der Waals surface area (Å²) < 4.78 is 1.74. The number of aromatic nitrogens is 1. The van der Waals surface area contributed by atoms with Crippen LogP contribution in [0.4, 0.5) is 5.69 Å². The average molecular weight is 324 g/mol. The highest BCUT2D eigenvalue weighted by atomic mass is 35.5. The number of aryl methyl sites for hydroxylation is 1. The Kier molecular flexibility index (Phi) is 4.79. The lowest BCUT2D eigenvalue weighted by Crippen LogP contribution is -2.29. The molecule has 0 bridgehead atoms. The van der Waals surface area contributed by atoms with E-state index in [4.69, 9.17) is 11.6 Å². The first-order chi connectivity index (χ1) is 10.4. The van der Waals surface area contributed by atoms with Gasteiger partial charge in [-0.05, 0) is 24.3 Å². The van der Waals surface area contributed by atoms with Crippen LogP contribution in [0.15, 0.2) is 36.5 Å². The molecule has 0 aliphatic heterocycles. The fourth-order valence-electron chi connectivity index (χ4n) is 2.01. The summed E-state index contributed by atoms with van der Waals surface area (Å²) in [5.74, 6) is -0.520. The van der Waals surface area contributed by atoms with E-state index >= 15 is 0 Å². The fourth-order valence-corrected chi connectivity index (χ4v) is 2.20. The van der Waals surface area contributed by atoms with Crippen molar-refractivity contribution in [1.82, 2.24) is 9.88 Å². The van der Waals surface area contributed by atoms with E-state index in [1.54, 1.807) is 29.9 Å². The zero-order valence-electron chi connectivity index (χ0n) is 11.7. The van der Waals surface area contributed by atoms with Crippen LogP contribution in [0.5, 0.6) is 0 Å². The predicted molar refractivity (Wildman–Crippen MR) is 80.8 cm³/mol. The van der Waals surface area contributed by atoms with Gasteiger partial charge >= 0.3 is 0 Å². The summed E-state index contributed by atoms with van der Waals surface area (Å²) in [6.07, 6.45) is 0.911. The molecule has 1 aromatic carbocycles. The molecule has 0 aliphatic rings. The van der Waals surface area contributed by atoms with Crippen LogP contribution in [0.25, 0.3) is 0 Å². The maximum atomic E-state index is 12.0. The van der Waals surface area contributed by atoms with Crippen molar-refractivity contribution in [3.8, 4) is 0 Å². The minimum absolute atomic E-state index is 0.00683. The summed E-state index contributed by atoms with van der Waals surface area (Å²) in [4.78, 5) is 22.1. The van der Waals surface area contributed by atoms with Gasteiger partial charge in [-0.3, -0.25) is 14.9 Å². The Bertz CT molecular complexity index is 714. The minimum atomic E-state index is -0.869. The number of hydrogen-bond acceptors (Lipinski definition) is 4. The van der Waals surface area contributed by atoms with E-state index in [1.165, 1.54) is 12.1 Å². The van der Waals surface area contributed by atoms with E-state index in [0.29, 0.717) is 5.69 Å². The Morgan fingerprint density at radius 3 is 2.82 bits per heavy atom. The normalized spacial score (nSPS) is 12.0. The van der Waals surface area contributed by atoms with Crippen LogP contribution in [-0.4, -0.2) is 27.0 Å². The fraction of sp³-hybridized carbons (Fsp3) is 0.214. The van der Waals surface area contributed by atoms with Gasteiger partial charge in [0.05, 0.1) is 4.92 Å². The Morgan fingerprint density at radius 2 is 2.23 bits per heavy atom. The molecule has 1 atom stereocenters. The second-order valence-electron chi connectivity index (χ2n) is 4.69. The summed E-state index contributed by atoms with van der Waals surface area (Å²) in [7, 11) is 1.78. The molecule has 8 heteroatoms. The Morgan fingerprint density at radius 1 is 1.50 bits per heavy atom. The van der Waals surface area contributed by atoms with E-state index < -0.39 is 16.9 Å². The predicted octanol–water partition coefficient (Wildman–Crippen LogP) is 2.05. The number of carbonyl (C=O) groups excluding carboxylic acids is 1. The van der Waals surface area contributed by atoms with E-state index in [0.717, 1.165) is 6.07 Å². The van der Waals surface area contributed by atoms with E-state index in [9.17, 15) is 20.0 Å². The number of halogens is 1. The molecule has 0 saturated carbocycles. The van der Waals surface area contributed by atoms with E-state index in [1.807, 2.05) is 0 Å². The summed E-state index contributed by atoms with van der Waals surface area (Å²) in [5, 5.41) is 23.3. The van der Waals surface area contributed by atoms with Crippen molar-refractivity contribution in [1.29, 1.82) is 0 Å². The van der Waals surface area contributed by atoms with Crippen LogP contribution in [0, 0.1) is 10.1 Å². The van der Waals surface area contributed by atoms with Crippen molar-refractivity contribution in [2.75, 3.05) is 6.54 Å². The molecular formula is C14H14ClN3O4. The number of carbonyl (C=O) groups is 1. The highest BCUT2D eigenvalue weighted by Gasteiger charge is 2.17. The van der Waals surface area contributed by atoms with Gasteiger partial charge in [-0.1, -0.05) is 11.6 Å². The third-order valence-electron chi connectivity index (χ3n) is 3.19. The first-order valence-electron chi connectivity index (χ1n) is 6.41. The van der Waals surface area contributed by atoms with Gasteiger partial charge in [0.25, 0.3) is 11.6 Å². The molecule has 2 rings (SSSR count). The van der Waals surface area contributed by atoms with Gasteiger partial charge in [0, 0.05) is 37.1 Å². The number of amides is 1. The molecule has 0 fully saturated rings. The molecule has 116 valence electrons. The zero-order valence-corrected chi connectivity index (χ0v) is 12.4. The molecule has 1 heterocycles. The van der Waals surface area contributed by atoms with Gasteiger partial charge in [0.2, 0.25) is 0 Å². The first kappa shape index (κ1) is 16.0. The van der Waals surface area contributed by atoms with Crippen molar-refractivity contribution in [3.63, 3.8) is 0 Å². The topological polar surface area (TPSA) is 97.4 Å². The van der Waals surface area contributed by atoms with Crippen LogP contribution in [0.1, 0.15) is 22.2 Å². The number of nitrogens with zero attached hydrogens (tertiary/aromatic N) is 2. The molecule has 22 heavy (non-hydrogen) atoms. The molecule has 7 nitrogen and oxygen atoms in total. The van der Waals surface area contributed by atoms with E-state index in [2.05, 4.69) is 5.32 Å². The minimum Gasteiger partial charge on any atom is -0.385 e. The summed E-state index contributed by atoms with van der Waals surface area (Å²) >= 11 is 5.69. The lowest BCUT2D eigenvalue weighted by molar-refractivity contribution is -0.384. The summed E-state index contributed by atoms with van der Waals surface area (Å²) in [5.41, 5.74) is 0.426. The van der Waals surface area contributed by atoms with Crippen LogP contribution < -0.4 is 5.32 Å². The third kappa shape index (κ3) is 3.44. The Balaban J connectivity index is 2.05. The quantitative estimate of drug-likeness (QED) is 0.650. The Labute approximate surface area is 131 Å². The molecule has 0 saturated heterocycles. The van der Waals surface area contributed by atoms with Crippen LogP contribution in [0.2, 0.25) is 5.02 Å². The number of nitro groups is 1. The van der Waals surface area contributed by atoms with Gasteiger partial charge in [-0.2, -0.15) is 0 Å². The molecule has 1 amide bonds.